The Morgan fingerprint density at radius 3 is 2.52 bits per heavy atom. The van der Waals surface area contributed by atoms with Crippen molar-refractivity contribution >= 4 is 28.9 Å². The van der Waals surface area contributed by atoms with E-state index in [0.29, 0.717) is 19.0 Å². The molecule has 172 valence electrons. The number of benzene rings is 1. The summed E-state index contributed by atoms with van der Waals surface area (Å²) in [5.74, 6) is -0.794. The SMILES string of the molecule is CN(SN1CCC(F)(F)CC1)c1ccc2c(c1)nc(C(C)(C)C)n2CC1CCOCC1. The maximum atomic E-state index is 13.5. The van der Waals surface area contributed by atoms with Crippen LogP contribution in [0.3, 0.4) is 0 Å². The molecular weight excluding hydrogens is 418 g/mol. The number of anilines is 1. The van der Waals surface area contributed by atoms with Gasteiger partial charge in [0.25, 0.3) is 5.92 Å². The first-order chi connectivity index (χ1) is 14.6. The molecule has 8 heteroatoms. The predicted octanol–water partition coefficient (Wildman–Crippen LogP) is 5.49. The number of imidazole rings is 1. The first-order valence-electron chi connectivity index (χ1n) is 11.3. The number of nitrogens with zero attached hydrogens (tertiary/aromatic N) is 4. The van der Waals surface area contributed by atoms with E-state index in [1.165, 1.54) is 12.1 Å². The lowest BCUT2D eigenvalue weighted by Gasteiger charge is -2.33. The number of alkyl halides is 2. The zero-order valence-electron chi connectivity index (χ0n) is 19.0. The summed E-state index contributed by atoms with van der Waals surface area (Å²) >= 11 is 1.51. The molecule has 0 amide bonds. The van der Waals surface area contributed by atoms with Gasteiger partial charge in [-0.3, -0.25) is 0 Å². The first-order valence-corrected chi connectivity index (χ1v) is 12.0. The van der Waals surface area contributed by atoms with E-state index in [9.17, 15) is 8.78 Å². The summed E-state index contributed by atoms with van der Waals surface area (Å²) in [5, 5.41) is 0. The number of aromatic nitrogens is 2. The smallest absolute Gasteiger partial charge is 0.250 e. The third-order valence-electron chi connectivity index (χ3n) is 6.24. The molecule has 4 rings (SSSR count). The van der Waals surface area contributed by atoms with E-state index >= 15 is 0 Å². The van der Waals surface area contributed by atoms with Gasteiger partial charge >= 0.3 is 0 Å². The highest BCUT2D eigenvalue weighted by Crippen LogP contribution is 2.35. The third-order valence-corrected chi connectivity index (χ3v) is 7.29. The van der Waals surface area contributed by atoms with Gasteiger partial charge in [-0.1, -0.05) is 20.8 Å². The quantitative estimate of drug-likeness (QED) is 0.560. The second kappa shape index (κ2) is 8.87. The number of piperidine rings is 1. The van der Waals surface area contributed by atoms with Crippen molar-refractivity contribution in [2.75, 3.05) is 37.7 Å². The predicted molar refractivity (Wildman–Crippen MR) is 124 cm³/mol. The average Bonchev–Trinajstić information content (AvgIpc) is 3.08. The Bertz CT molecular complexity index is 895. The Balaban J connectivity index is 1.55. The lowest BCUT2D eigenvalue weighted by molar-refractivity contribution is -0.0399. The fourth-order valence-electron chi connectivity index (χ4n) is 4.37. The minimum absolute atomic E-state index is 0.0516. The van der Waals surface area contributed by atoms with Crippen LogP contribution in [0.1, 0.15) is 52.3 Å². The lowest BCUT2D eigenvalue weighted by Crippen LogP contribution is -2.37. The number of rotatable bonds is 5. The van der Waals surface area contributed by atoms with Crippen molar-refractivity contribution in [2.45, 2.75) is 64.3 Å². The molecule has 2 aliphatic heterocycles. The Kier molecular flexibility index (Phi) is 6.52. The molecular formula is C23H34F2N4OS. The molecule has 0 saturated carbocycles. The molecule has 0 bridgehead atoms. The van der Waals surface area contributed by atoms with Gasteiger partial charge in [-0.2, -0.15) is 0 Å². The van der Waals surface area contributed by atoms with E-state index in [4.69, 9.17) is 9.72 Å². The summed E-state index contributed by atoms with van der Waals surface area (Å²) in [6.45, 7) is 10.1. The number of hydrogen-bond acceptors (Lipinski definition) is 5. The van der Waals surface area contributed by atoms with Crippen LogP contribution in [0.25, 0.3) is 11.0 Å². The van der Waals surface area contributed by atoms with E-state index in [0.717, 1.165) is 55.1 Å². The van der Waals surface area contributed by atoms with E-state index in [2.05, 4.69) is 47.8 Å². The summed E-state index contributed by atoms with van der Waals surface area (Å²) in [7, 11) is 1.99. The van der Waals surface area contributed by atoms with Crippen molar-refractivity contribution in [3.63, 3.8) is 0 Å². The molecule has 1 aromatic carbocycles. The Morgan fingerprint density at radius 1 is 1.19 bits per heavy atom. The van der Waals surface area contributed by atoms with Crippen LogP contribution in [0.2, 0.25) is 0 Å². The fraction of sp³-hybridized carbons (Fsp3) is 0.696. The molecule has 31 heavy (non-hydrogen) atoms. The molecule has 0 N–H and O–H groups in total. The highest BCUT2D eigenvalue weighted by atomic mass is 32.2. The van der Waals surface area contributed by atoms with Crippen LogP contribution in [0.4, 0.5) is 14.5 Å². The van der Waals surface area contributed by atoms with Crippen LogP contribution >= 0.6 is 12.1 Å². The van der Waals surface area contributed by atoms with Crippen molar-refractivity contribution in [1.29, 1.82) is 0 Å². The van der Waals surface area contributed by atoms with Crippen LogP contribution < -0.4 is 4.31 Å². The molecule has 0 radical (unpaired) electrons. The lowest BCUT2D eigenvalue weighted by atomic mass is 9.94. The number of ether oxygens (including phenoxy) is 1. The van der Waals surface area contributed by atoms with Crippen molar-refractivity contribution in [3.05, 3.63) is 24.0 Å². The van der Waals surface area contributed by atoms with Gasteiger partial charge in [-0.25, -0.2) is 18.1 Å². The van der Waals surface area contributed by atoms with Crippen molar-refractivity contribution in [1.82, 2.24) is 13.9 Å². The van der Waals surface area contributed by atoms with Gasteiger partial charge in [-0.15, -0.1) is 0 Å². The largest absolute Gasteiger partial charge is 0.381 e. The van der Waals surface area contributed by atoms with E-state index in [1.54, 1.807) is 0 Å². The number of fused-ring (bicyclic) bond motifs is 1. The molecule has 1 aromatic heterocycles. The Morgan fingerprint density at radius 2 is 1.87 bits per heavy atom. The molecule has 0 atom stereocenters. The summed E-state index contributed by atoms with van der Waals surface area (Å²) in [4.78, 5) is 5.04. The van der Waals surface area contributed by atoms with Gasteiger partial charge in [0.1, 0.15) is 5.82 Å². The highest BCUT2D eigenvalue weighted by molar-refractivity contribution is 7.98. The molecule has 2 fully saturated rings. The molecule has 2 saturated heterocycles. The molecule has 2 aliphatic rings. The van der Waals surface area contributed by atoms with Gasteiger partial charge in [0, 0.05) is 70.3 Å². The maximum absolute atomic E-state index is 13.5. The summed E-state index contributed by atoms with van der Waals surface area (Å²) in [5.41, 5.74) is 3.14. The number of hydrogen-bond donors (Lipinski definition) is 0. The topological polar surface area (TPSA) is 33.5 Å². The zero-order chi connectivity index (χ0) is 22.2. The van der Waals surface area contributed by atoms with E-state index in [-0.39, 0.29) is 18.3 Å². The molecule has 5 nitrogen and oxygen atoms in total. The summed E-state index contributed by atoms with van der Waals surface area (Å²) < 4.78 is 38.9. The summed E-state index contributed by atoms with van der Waals surface area (Å²) in [6, 6.07) is 6.40. The normalized spacial score (nSPS) is 21.0. The van der Waals surface area contributed by atoms with Crippen molar-refractivity contribution < 1.29 is 13.5 Å². The van der Waals surface area contributed by atoms with Gasteiger partial charge in [0.2, 0.25) is 0 Å². The molecule has 0 aliphatic carbocycles. The van der Waals surface area contributed by atoms with E-state index < -0.39 is 5.92 Å². The molecule has 0 spiro atoms. The second-order valence-corrected chi connectivity index (χ2v) is 11.1. The first kappa shape index (κ1) is 22.8. The molecule has 2 aromatic rings. The van der Waals surface area contributed by atoms with Crippen LogP contribution in [0.5, 0.6) is 0 Å². The van der Waals surface area contributed by atoms with Crippen LogP contribution in [0.15, 0.2) is 18.2 Å². The monoisotopic (exact) mass is 452 g/mol. The third kappa shape index (κ3) is 5.34. The maximum Gasteiger partial charge on any atom is 0.250 e. The Labute approximate surface area is 188 Å². The molecule has 0 unspecified atom stereocenters. The number of halogens is 2. The van der Waals surface area contributed by atoms with Gasteiger partial charge in [-0.05, 0) is 37.0 Å². The second-order valence-electron chi connectivity index (χ2n) is 9.89. The van der Waals surface area contributed by atoms with E-state index in [1.807, 2.05) is 11.4 Å². The minimum Gasteiger partial charge on any atom is -0.381 e. The van der Waals surface area contributed by atoms with Crippen LogP contribution in [0, 0.1) is 5.92 Å². The minimum atomic E-state index is -2.52. The van der Waals surface area contributed by atoms with Gasteiger partial charge in [0.05, 0.1) is 16.7 Å². The summed E-state index contributed by atoms with van der Waals surface area (Å²) in [6.07, 6.45) is 2.04. The van der Waals surface area contributed by atoms with Crippen molar-refractivity contribution in [3.8, 4) is 0 Å². The van der Waals surface area contributed by atoms with Crippen molar-refractivity contribution in [2.24, 2.45) is 5.92 Å². The van der Waals surface area contributed by atoms with Gasteiger partial charge in [0.15, 0.2) is 0 Å². The van der Waals surface area contributed by atoms with Crippen LogP contribution in [-0.4, -0.2) is 53.1 Å². The Hall–Kier alpha value is -1.38. The molecule has 3 heterocycles. The zero-order valence-corrected chi connectivity index (χ0v) is 19.9. The fourth-order valence-corrected chi connectivity index (χ4v) is 5.27. The average molecular weight is 453 g/mol. The van der Waals surface area contributed by atoms with Crippen LogP contribution in [-0.2, 0) is 16.7 Å². The highest BCUT2D eigenvalue weighted by Gasteiger charge is 2.34. The standard InChI is InChI=1S/C23H34F2N4OS/c1-22(2,3)21-26-19-15-18(27(4)31-28-11-9-23(24,25)10-12-28)5-6-20(19)29(21)16-17-7-13-30-14-8-17/h5-6,15,17H,7-14,16H2,1-4H3. The van der Waals surface area contributed by atoms with Gasteiger partial charge < -0.3 is 13.6 Å².